The zero-order chi connectivity index (χ0) is 13.1. The van der Waals surface area contributed by atoms with Crippen LogP contribution in [0.25, 0.3) is 0 Å². The number of benzene rings is 1. The van der Waals surface area contributed by atoms with Gasteiger partial charge in [-0.05, 0) is 17.3 Å². The Morgan fingerprint density at radius 2 is 2.28 bits per heavy atom. The quantitative estimate of drug-likeness (QED) is 0.743. The minimum absolute atomic E-state index is 0.126. The molecule has 0 aliphatic carbocycles. The van der Waals surface area contributed by atoms with E-state index in [1.165, 1.54) is 11.9 Å². The van der Waals surface area contributed by atoms with Crippen LogP contribution >= 0.6 is 0 Å². The average Bonchev–Trinajstić information content (AvgIpc) is 2.74. The number of nitrogens with zero attached hydrogens (tertiary/aromatic N) is 4. The smallest absolute Gasteiger partial charge is 0.270 e. The molecule has 18 heavy (non-hydrogen) atoms. The van der Waals surface area contributed by atoms with Crippen LogP contribution in [-0.4, -0.2) is 33.2 Å². The van der Waals surface area contributed by atoms with Crippen molar-refractivity contribution in [3.05, 3.63) is 23.8 Å². The number of hydrogen-bond donors (Lipinski definition) is 2. The van der Waals surface area contributed by atoms with E-state index in [9.17, 15) is 4.79 Å². The maximum absolute atomic E-state index is 12.0. The molecule has 0 aliphatic heterocycles. The van der Waals surface area contributed by atoms with E-state index in [2.05, 4.69) is 20.7 Å². The van der Waals surface area contributed by atoms with Crippen molar-refractivity contribution in [3.63, 3.8) is 0 Å². The number of nitrogens with two attached hydrogens (primary N) is 1. The second kappa shape index (κ2) is 4.70. The highest BCUT2D eigenvalue weighted by molar-refractivity contribution is 6.05. The van der Waals surface area contributed by atoms with Gasteiger partial charge in [0.05, 0.1) is 19.7 Å². The third-order valence-corrected chi connectivity index (χ3v) is 2.20. The first-order valence-electron chi connectivity index (χ1n) is 5.09. The third kappa shape index (κ3) is 2.37. The molecular formula is C10H12N6O2. The predicted molar refractivity (Wildman–Crippen MR) is 64.2 cm³/mol. The number of amides is 1. The first-order valence-corrected chi connectivity index (χ1v) is 5.09. The number of anilines is 2. The van der Waals surface area contributed by atoms with Crippen molar-refractivity contribution in [2.75, 3.05) is 18.2 Å². The number of methoxy groups -OCH3 is 1. The molecule has 1 aromatic carbocycles. The van der Waals surface area contributed by atoms with Gasteiger partial charge in [-0.3, -0.25) is 10.1 Å². The van der Waals surface area contributed by atoms with Gasteiger partial charge < -0.3 is 10.5 Å². The summed E-state index contributed by atoms with van der Waals surface area (Å²) in [6, 6.07) is 4.75. The van der Waals surface area contributed by atoms with Gasteiger partial charge in [-0.15, -0.1) is 5.10 Å². The van der Waals surface area contributed by atoms with Crippen LogP contribution in [-0.2, 0) is 7.05 Å². The first kappa shape index (κ1) is 11.8. The molecule has 1 amide bonds. The van der Waals surface area contributed by atoms with Crippen LogP contribution in [0.2, 0.25) is 0 Å². The van der Waals surface area contributed by atoms with E-state index in [4.69, 9.17) is 10.5 Å². The highest BCUT2D eigenvalue weighted by atomic mass is 16.5. The van der Waals surface area contributed by atoms with Crippen LogP contribution in [0.5, 0.6) is 5.75 Å². The van der Waals surface area contributed by atoms with Gasteiger partial charge in [-0.25, -0.2) is 0 Å². The molecule has 2 aromatic rings. The lowest BCUT2D eigenvalue weighted by Gasteiger charge is -2.07. The number of carbonyl (C=O) groups is 1. The fourth-order valence-electron chi connectivity index (χ4n) is 1.40. The van der Waals surface area contributed by atoms with E-state index in [-0.39, 0.29) is 11.9 Å². The van der Waals surface area contributed by atoms with Crippen LogP contribution in [0.4, 0.5) is 11.6 Å². The number of ether oxygens (including phenoxy) is 1. The molecule has 0 bridgehead atoms. The predicted octanol–water partition coefficient (Wildman–Crippen LogP) is 0.0532. The lowest BCUT2D eigenvalue weighted by molar-refractivity contribution is 0.102. The topological polar surface area (TPSA) is 108 Å². The number of aryl methyl sites for hydroxylation is 1. The molecule has 1 heterocycles. The van der Waals surface area contributed by atoms with E-state index >= 15 is 0 Å². The Bertz CT molecular complexity index is 579. The molecule has 0 unspecified atom stereocenters. The van der Waals surface area contributed by atoms with Gasteiger partial charge in [0.25, 0.3) is 11.9 Å². The van der Waals surface area contributed by atoms with Crippen LogP contribution in [0, 0.1) is 0 Å². The number of tetrazole rings is 1. The average molecular weight is 248 g/mol. The summed E-state index contributed by atoms with van der Waals surface area (Å²) in [7, 11) is 3.07. The summed E-state index contributed by atoms with van der Waals surface area (Å²) in [6.07, 6.45) is 0. The minimum atomic E-state index is -0.389. The molecule has 0 saturated carbocycles. The zero-order valence-electron chi connectivity index (χ0n) is 9.91. The van der Waals surface area contributed by atoms with Crippen molar-refractivity contribution in [3.8, 4) is 5.75 Å². The van der Waals surface area contributed by atoms with E-state index < -0.39 is 0 Å². The van der Waals surface area contributed by atoms with Crippen LogP contribution in [0.3, 0.4) is 0 Å². The molecular weight excluding hydrogens is 236 g/mol. The molecule has 0 atom stereocenters. The molecule has 94 valence electrons. The summed E-state index contributed by atoms with van der Waals surface area (Å²) in [5.41, 5.74) is 6.47. The molecule has 1 aromatic heterocycles. The monoisotopic (exact) mass is 248 g/mol. The van der Waals surface area contributed by atoms with Gasteiger partial charge in [-0.1, -0.05) is 5.10 Å². The number of nitrogens with one attached hydrogen (secondary N) is 1. The van der Waals surface area contributed by atoms with Crippen LogP contribution < -0.4 is 15.8 Å². The van der Waals surface area contributed by atoms with Gasteiger partial charge in [0.15, 0.2) is 0 Å². The Labute approximate surface area is 103 Å². The van der Waals surface area contributed by atoms with Gasteiger partial charge in [0.1, 0.15) is 5.75 Å². The number of carbonyl (C=O) groups excluding carboxylic acids is 1. The van der Waals surface area contributed by atoms with Crippen molar-refractivity contribution < 1.29 is 9.53 Å². The van der Waals surface area contributed by atoms with E-state index in [1.807, 2.05) is 0 Å². The Hall–Kier alpha value is -2.64. The summed E-state index contributed by atoms with van der Waals surface area (Å²) in [5.74, 6) is 0.123. The highest BCUT2D eigenvalue weighted by Gasteiger charge is 2.14. The first-order chi connectivity index (χ1) is 8.60. The molecule has 0 aliphatic rings. The molecule has 8 nitrogen and oxygen atoms in total. The number of hydrogen-bond acceptors (Lipinski definition) is 6. The van der Waals surface area contributed by atoms with E-state index in [0.29, 0.717) is 17.0 Å². The summed E-state index contributed by atoms with van der Waals surface area (Å²) < 4.78 is 5.09. The van der Waals surface area contributed by atoms with Crippen molar-refractivity contribution in [1.29, 1.82) is 0 Å². The Balaban J connectivity index is 2.23. The maximum Gasteiger partial charge on any atom is 0.270 e. The zero-order valence-corrected chi connectivity index (χ0v) is 9.91. The van der Waals surface area contributed by atoms with Crippen molar-refractivity contribution in [2.45, 2.75) is 0 Å². The Morgan fingerprint density at radius 3 is 2.89 bits per heavy atom. The lowest BCUT2D eigenvalue weighted by Crippen LogP contribution is -2.14. The Morgan fingerprint density at radius 1 is 1.50 bits per heavy atom. The maximum atomic E-state index is 12.0. The molecule has 0 radical (unpaired) electrons. The molecule has 0 saturated heterocycles. The summed E-state index contributed by atoms with van der Waals surface area (Å²) in [5, 5.41) is 13.6. The van der Waals surface area contributed by atoms with Crippen molar-refractivity contribution in [1.82, 2.24) is 20.2 Å². The molecule has 0 spiro atoms. The van der Waals surface area contributed by atoms with Crippen molar-refractivity contribution in [2.24, 2.45) is 7.05 Å². The SMILES string of the molecule is COc1cc(N)ccc1C(=O)Nc1nnn(C)n1. The molecule has 8 heteroatoms. The largest absolute Gasteiger partial charge is 0.496 e. The second-order valence-electron chi connectivity index (χ2n) is 3.52. The van der Waals surface area contributed by atoms with Crippen molar-refractivity contribution >= 4 is 17.5 Å². The summed E-state index contributed by atoms with van der Waals surface area (Å²) >= 11 is 0. The number of nitrogen functional groups attached to an aromatic ring is 1. The van der Waals surface area contributed by atoms with E-state index in [1.54, 1.807) is 25.2 Å². The summed E-state index contributed by atoms with van der Waals surface area (Å²) in [6.45, 7) is 0. The highest BCUT2D eigenvalue weighted by Crippen LogP contribution is 2.21. The van der Waals surface area contributed by atoms with E-state index in [0.717, 1.165) is 0 Å². The molecule has 3 N–H and O–H groups in total. The lowest BCUT2D eigenvalue weighted by atomic mass is 10.1. The van der Waals surface area contributed by atoms with Gasteiger partial charge in [0, 0.05) is 11.8 Å². The Kier molecular flexibility index (Phi) is 3.09. The molecule has 0 fully saturated rings. The molecule has 2 rings (SSSR count). The van der Waals surface area contributed by atoms with Gasteiger partial charge in [-0.2, -0.15) is 4.80 Å². The second-order valence-corrected chi connectivity index (χ2v) is 3.52. The fraction of sp³-hybridized carbons (Fsp3) is 0.200. The van der Waals surface area contributed by atoms with Crippen LogP contribution in [0.1, 0.15) is 10.4 Å². The van der Waals surface area contributed by atoms with Gasteiger partial charge in [0.2, 0.25) is 0 Å². The summed E-state index contributed by atoms with van der Waals surface area (Å²) in [4.78, 5) is 13.2. The number of aromatic nitrogens is 4. The standard InChI is InChI=1S/C10H12N6O2/c1-16-14-10(13-15-16)12-9(17)7-4-3-6(11)5-8(7)18-2/h3-5H,11H2,1-2H3,(H,12,14,17). The normalized spacial score (nSPS) is 10.1. The number of rotatable bonds is 3. The third-order valence-electron chi connectivity index (χ3n) is 2.20. The van der Waals surface area contributed by atoms with Gasteiger partial charge >= 0.3 is 0 Å². The fourth-order valence-corrected chi connectivity index (χ4v) is 1.40. The van der Waals surface area contributed by atoms with Crippen LogP contribution in [0.15, 0.2) is 18.2 Å². The minimum Gasteiger partial charge on any atom is -0.496 e.